The Hall–Kier alpha value is -1.93. The van der Waals surface area contributed by atoms with E-state index in [1.807, 2.05) is 10.6 Å². The van der Waals surface area contributed by atoms with Crippen LogP contribution in [-0.4, -0.2) is 39.9 Å². The summed E-state index contributed by atoms with van der Waals surface area (Å²) in [5.74, 6) is 0.725. The molecule has 0 aromatic carbocycles. The number of rotatable bonds is 5. The first-order valence-electron chi connectivity index (χ1n) is 9.97. The molecule has 0 aliphatic carbocycles. The Morgan fingerprint density at radius 3 is 2.71 bits per heavy atom. The van der Waals surface area contributed by atoms with E-state index in [4.69, 9.17) is 0 Å². The number of aromatic nitrogens is 3. The van der Waals surface area contributed by atoms with Crippen molar-refractivity contribution in [3.63, 3.8) is 0 Å². The molecule has 0 N–H and O–H groups in total. The Balaban J connectivity index is 1.72. The Morgan fingerprint density at radius 1 is 1.25 bits per heavy atom. The smallest absolute Gasteiger partial charge is 0.262 e. The maximum absolute atomic E-state index is 13.2. The van der Waals surface area contributed by atoms with Crippen LogP contribution in [0.2, 0.25) is 0 Å². The molecule has 0 radical (unpaired) electrons. The summed E-state index contributed by atoms with van der Waals surface area (Å²) in [5, 5.41) is 0.0964. The summed E-state index contributed by atoms with van der Waals surface area (Å²) in [6.07, 6.45) is 5.90. The van der Waals surface area contributed by atoms with Gasteiger partial charge in [0.15, 0.2) is 5.03 Å². The van der Waals surface area contributed by atoms with E-state index in [0.717, 1.165) is 25.0 Å². The second-order valence-corrected chi connectivity index (χ2v) is 10.5. The largest absolute Gasteiger partial charge is 0.339 e. The van der Waals surface area contributed by atoms with Gasteiger partial charge in [-0.2, -0.15) is 4.31 Å². The van der Waals surface area contributed by atoms with Crippen molar-refractivity contribution < 1.29 is 8.42 Å². The molecule has 8 heteroatoms. The van der Waals surface area contributed by atoms with Crippen LogP contribution in [0.4, 0.5) is 0 Å². The lowest BCUT2D eigenvalue weighted by Crippen LogP contribution is -2.51. The second kappa shape index (κ2) is 7.15. The number of aryl methyl sites for hydroxylation is 1. The standard InChI is InChI=1S/C20H28N4O3S/c1-14(2)7-8-18-16-9-15(17-5-4-6-20(25)24(17)18)10-23(11-16)28(26,27)19-12-22(3)13-21-19/h4-6,12-16,18H,7-11H2,1-3H3/t15-,16+,18+/m1/s1. The van der Waals surface area contributed by atoms with Gasteiger partial charge in [-0.3, -0.25) is 4.79 Å². The Kier molecular flexibility index (Phi) is 4.95. The lowest BCUT2D eigenvalue weighted by molar-refractivity contribution is 0.133. The summed E-state index contributed by atoms with van der Waals surface area (Å²) in [6, 6.07) is 5.45. The highest BCUT2D eigenvalue weighted by atomic mass is 32.2. The zero-order chi connectivity index (χ0) is 20.1. The summed E-state index contributed by atoms with van der Waals surface area (Å²) >= 11 is 0. The number of fused-ring (bicyclic) bond motifs is 4. The maximum Gasteiger partial charge on any atom is 0.262 e. The number of pyridine rings is 1. The fraction of sp³-hybridized carbons (Fsp3) is 0.600. The molecule has 152 valence electrons. The van der Waals surface area contributed by atoms with Crippen molar-refractivity contribution in [1.29, 1.82) is 0 Å². The summed E-state index contributed by atoms with van der Waals surface area (Å²) in [5.41, 5.74) is 1.00. The third-order valence-electron chi connectivity index (χ3n) is 6.09. The molecule has 3 atom stereocenters. The van der Waals surface area contributed by atoms with Crippen LogP contribution in [0.25, 0.3) is 0 Å². The molecule has 2 bridgehead atoms. The fourth-order valence-corrected chi connectivity index (χ4v) is 6.23. The van der Waals surface area contributed by atoms with Crippen molar-refractivity contribution in [2.24, 2.45) is 18.9 Å². The quantitative estimate of drug-likeness (QED) is 0.767. The van der Waals surface area contributed by atoms with Gasteiger partial charge in [-0.25, -0.2) is 13.4 Å². The van der Waals surface area contributed by atoms with Crippen molar-refractivity contribution in [1.82, 2.24) is 18.4 Å². The molecule has 1 saturated heterocycles. The number of sulfonamides is 1. The summed E-state index contributed by atoms with van der Waals surface area (Å²) in [7, 11) is -1.87. The first-order chi connectivity index (χ1) is 13.3. The monoisotopic (exact) mass is 404 g/mol. The fourth-order valence-electron chi connectivity index (χ4n) is 4.72. The van der Waals surface area contributed by atoms with Gasteiger partial charge < -0.3 is 9.13 Å². The van der Waals surface area contributed by atoms with E-state index in [1.54, 1.807) is 34.2 Å². The number of imidazole rings is 1. The molecule has 2 aromatic heterocycles. The van der Waals surface area contributed by atoms with Crippen molar-refractivity contribution in [3.8, 4) is 0 Å². The third-order valence-corrected chi connectivity index (χ3v) is 7.81. The first kappa shape index (κ1) is 19.4. The minimum Gasteiger partial charge on any atom is -0.339 e. The predicted octanol–water partition coefficient (Wildman–Crippen LogP) is 2.37. The van der Waals surface area contributed by atoms with Crippen LogP contribution in [0.15, 0.2) is 40.5 Å². The SMILES string of the molecule is CC(C)CC[C@H]1[C@H]2C[C@H](CN(S(=O)(=O)c3cn(C)cn3)C2)c2cccc(=O)n21. The van der Waals surface area contributed by atoms with E-state index in [9.17, 15) is 13.2 Å². The maximum atomic E-state index is 13.2. The average Bonchev–Trinajstić information content (AvgIpc) is 3.09. The van der Waals surface area contributed by atoms with Crippen LogP contribution in [0.5, 0.6) is 0 Å². The van der Waals surface area contributed by atoms with E-state index in [1.165, 1.54) is 6.33 Å². The molecule has 1 fully saturated rings. The molecule has 2 aliphatic heterocycles. The van der Waals surface area contributed by atoms with Gasteiger partial charge >= 0.3 is 0 Å². The average molecular weight is 405 g/mol. The molecular weight excluding hydrogens is 376 g/mol. The van der Waals surface area contributed by atoms with Gasteiger partial charge in [0.1, 0.15) is 0 Å². The van der Waals surface area contributed by atoms with Gasteiger partial charge in [0, 0.05) is 50.1 Å². The topological polar surface area (TPSA) is 77.2 Å². The zero-order valence-electron chi connectivity index (χ0n) is 16.7. The van der Waals surface area contributed by atoms with Crippen molar-refractivity contribution in [2.45, 2.75) is 50.1 Å². The van der Waals surface area contributed by atoms with Crippen LogP contribution < -0.4 is 5.56 Å². The molecular formula is C20H28N4O3S. The van der Waals surface area contributed by atoms with Crippen LogP contribution in [0.3, 0.4) is 0 Å². The molecule has 2 aromatic rings. The molecule has 0 amide bonds. The highest BCUT2D eigenvalue weighted by Gasteiger charge is 2.44. The van der Waals surface area contributed by atoms with E-state index >= 15 is 0 Å². The second-order valence-electron chi connectivity index (χ2n) is 8.59. The Bertz CT molecular complexity index is 1020. The molecule has 0 unspecified atom stereocenters. The first-order valence-corrected chi connectivity index (χ1v) is 11.4. The molecule has 2 aliphatic rings. The highest BCUT2D eigenvalue weighted by molar-refractivity contribution is 7.89. The van der Waals surface area contributed by atoms with E-state index in [0.29, 0.717) is 19.0 Å². The highest BCUT2D eigenvalue weighted by Crippen LogP contribution is 2.44. The zero-order valence-corrected chi connectivity index (χ0v) is 17.5. The van der Waals surface area contributed by atoms with E-state index in [2.05, 4.69) is 18.8 Å². The molecule has 4 rings (SSSR count). The summed E-state index contributed by atoms with van der Waals surface area (Å²) in [6.45, 7) is 5.20. The van der Waals surface area contributed by atoms with Crippen molar-refractivity contribution >= 4 is 10.0 Å². The summed E-state index contributed by atoms with van der Waals surface area (Å²) in [4.78, 5) is 16.7. The van der Waals surface area contributed by atoms with Crippen LogP contribution >= 0.6 is 0 Å². The van der Waals surface area contributed by atoms with Gasteiger partial charge in [0.2, 0.25) is 0 Å². The number of hydrogen-bond acceptors (Lipinski definition) is 4. The molecule has 4 heterocycles. The van der Waals surface area contributed by atoms with Gasteiger partial charge in [-0.15, -0.1) is 0 Å². The lowest BCUT2D eigenvalue weighted by Gasteiger charge is -2.46. The minimum atomic E-state index is -3.64. The predicted molar refractivity (Wildman–Crippen MR) is 107 cm³/mol. The van der Waals surface area contributed by atoms with Gasteiger partial charge in [-0.1, -0.05) is 19.9 Å². The van der Waals surface area contributed by atoms with Gasteiger partial charge in [0.25, 0.3) is 15.6 Å². The van der Waals surface area contributed by atoms with Crippen molar-refractivity contribution in [2.75, 3.05) is 13.1 Å². The number of hydrogen-bond donors (Lipinski definition) is 0. The molecule has 0 spiro atoms. The van der Waals surface area contributed by atoms with Crippen molar-refractivity contribution in [3.05, 3.63) is 46.8 Å². The normalized spacial score (nSPS) is 25.1. The van der Waals surface area contributed by atoms with Gasteiger partial charge in [0.05, 0.1) is 6.33 Å². The Labute approximate surface area is 166 Å². The van der Waals surface area contributed by atoms with E-state index < -0.39 is 10.0 Å². The number of piperidine rings is 1. The minimum absolute atomic E-state index is 0.0296. The van der Waals surface area contributed by atoms with E-state index in [-0.39, 0.29) is 28.5 Å². The van der Waals surface area contributed by atoms with Crippen LogP contribution in [0.1, 0.15) is 50.8 Å². The number of nitrogens with zero attached hydrogens (tertiary/aromatic N) is 4. The molecule has 0 saturated carbocycles. The third kappa shape index (κ3) is 3.33. The molecule has 28 heavy (non-hydrogen) atoms. The van der Waals surface area contributed by atoms with Crippen LogP contribution in [0, 0.1) is 11.8 Å². The lowest BCUT2D eigenvalue weighted by atomic mass is 9.77. The Morgan fingerprint density at radius 2 is 2.04 bits per heavy atom. The van der Waals surface area contributed by atoms with Gasteiger partial charge in [-0.05, 0) is 37.2 Å². The van der Waals surface area contributed by atoms with Crippen LogP contribution in [-0.2, 0) is 17.1 Å². The molecule has 7 nitrogen and oxygen atoms in total. The summed E-state index contributed by atoms with van der Waals surface area (Å²) < 4.78 is 31.5.